The van der Waals surface area contributed by atoms with Crippen molar-refractivity contribution in [3.05, 3.63) is 29.3 Å². The second-order valence-electron chi connectivity index (χ2n) is 4.70. The molecule has 0 aliphatic rings. The maximum atomic E-state index is 13.7. The summed E-state index contributed by atoms with van der Waals surface area (Å²) in [5.74, 6) is -1.72. The van der Waals surface area contributed by atoms with Gasteiger partial charge in [0, 0.05) is 19.2 Å². The predicted octanol–water partition coefficient (Wildman–Crippen LogP) is 2.61. The van der Waals surface area contributed by atoms with Gasteiger partial charge in [-0.25, -0.2) is 8.78 Å². The molecule has 0 atom stereocenters. The molecule has 0 aliphatic heterocycles. The number of unbranched alkanes of at least 4 members (excludes halogenated alkanes) is 1. The van der Waals surface area contributed by atoms with E-state index < -0.39 is 11.6 Å². The Hall–Kier alpha value is -1.20. The molecule has 0 aliphatic carbocycles. The SMILES string of the molecule is CC(C)NCc1cc(F)c(OCCCCO)c(F)c1. The molecule has 0 fully saturated rings. The first-order valence-corrected chi connectivity index (χ1v) is 6.49. The molecule has 0 spiro atoms. The third-order valence-electron chi connectivity index (χ3n) is 2.57. The predicted molar refractivity (Wildman–Crippen MR) is 70.1 cm³/mol. The average Bonchev–Trinajstić information content (AvgIpc) is 2.34. The van der Waals surface area contributed by atoms with Gasteiger partial charge in [0.05, 0.1) is 6.61 Å². The van der Waals surface area contributed by atoms with Crippen LogP contribution in [-0.4, -0.2) is 24.4 Å². The number of rotatable bonds is 8. The average molecular weight is 273 g/mol. The number of aliphatic hydroxyl groups excluding tert-OH is 1. The van der Waals surface area contributed by atoms with Gasteiger partial charge >= 0.3 is 0 Å². The third kappa shape index (κ3) is 5.53. The molecule has 2 N–H and O–H groups in total. The van der Waals surface area contributed by atoms with Gasteiger partial charge in [0.1, 0.15) is 0 Å². The van der Waals surface area contributed by atoms with E-state index in [1.807, 2.05) is 13.8 Å². The van der Waals surface area contributed by atoms with Gasteiger partial charge in [-0.2, -0.15) is 0 Å². The van der Waals surface area contributed by atoms with Crippen LogP contribution < -0.4 is 10.1 Å². The zero-order chi connectivity index (χ0) is 14.3. The van der Waals surface area contributed by atoms with E-state index in [9.17, 15) is 8.78 Å². The highest BCUT2D eigenvalue weighted by Gasteiger charge is 2.12. The summed E-state index contributed by atoms with van der Waals surface area (Å²) in [6, 6.07) is 2.81. The number of nitrogens with one attached hydrogen (secondary N) is 1. The fourth-order valence-corrected chi connectivity index (χ4v) is 1.56. The van der Waals surface area contributed by atoms with E-state index in [-0.39, 0.29) is 25.0 Å². The summed E-state index contributed by atoms with van der Waals surface area (Å²) in [5.41, 5.74) is 0.548. The molecule has 1 aromatic rings. The second kappa shape index (κ2) is 8.07. The van der Waals surface area contributed by atoms with Gasteiger partial charge in [-0.05, 0) is 30.5 Å². The normalized spacial score (nSPS) is 11.1. The van der Waals surface area contributed by atoms with Crippen LogP contribution in [0.4, 0.5) is 8.78 Å². The molecule has 0 amide bonds. The fourth-order valence-electron chi connectivity index (χ4n) is 1.56. The van der Waals surface area contributed by atoms with Gasteiger partial charge in [0.25, 0.3) is 0 Å². The fraction of sp³-hybridized carbons (Fsp3) is 0.571. The molecular weight excluding hydrogens is 252 g/mol. The van der Waals surface area contributed by atoms with Gasteiger partial charge in [-0.15, -0.1) is 0 Å². The van der Waals surface area contributed by atoms with Crippen molar-refractivity contribution in [1.29, 1.82) is 0 Å². The van der Waals surface area contributed by atoms with Crippen LogP contribution in [-0.2, 0) is 6.54 Å². The summed E-state index contributed by atoms with van der Waals surface area (Å²) in [6.45, 7) is 4.58. The largest absolute Gasteiger partial charge is 0.488 e. The molecule has 0 heterocycles. The lowest BCUT2D eigenvalue weighted by atomic mass is 10.2. The van der Waals surface area contributed by atoms with Gasteiger partial charge in [0.2, 0.25) is 0 Å². The molecule has 19 heavy (non-hydrogen) atoms. The Morgan fingerprint density at radius 2 is 1.84 bits per heavy atom. The van der Waals surface area contributed by atoms with Crippen molar-refractivity contribution in [3.8, 4) is 5.75 Å². The molecule has 1 rings (SSSR count). The van der Waals surface area contributed by atoms with Gasteiger partial charge in [-0.3, -0.25) is 0 Å². The van der Waals surface area contributed by atoms with Crippen molar-refractivity contribution < 1.29 is 18.6 Å². The van der Waals surface area contributed by atoms with E-state index in [4.69, 9.17) is 9.84 Å². The molecule has 0 saturated heterocycles. The molecule has 0 radical (unpaired) electrons. The van der Waals surface area contributed by atoms with Crippen molar-refractivity contribution in [2.75, 3.05) is 13.2 Å². The molecule has 108 valence electrons. The molecule has 0 saturated carbocycles. The van der Waals surface area contributed by atoms with E-state index in [2.05, 4.69) is 5.32 Å². The van der Waals surface area contributed by atoms with Gasteiger partial charge in [0.15, 0.2) is 17.4 Å². The molecule has 0 unspecified atom stereocenters. The van der Waals surface area contributed by atoms with Crippen LogP contribution in [0.15, 0.2) is 12.1 Å². The maximum Gasteiger partial charge on any atom is 0.190 e. The summed E-state index contributed by atoms with van der Waals surface area (Å²) in [4.78, 5) is 0. The van der Waals surface area contributed by atoms with Gasteiger partial charge < -0.3 is 15.2 Å². The first kappa shape index (κ1) is 15.9. The van der Waals surface area contributed by atoms with Crippen LogP contribution in [0, 0.1) is 11.6 Å². The molecule has 3 nitrogen and oxygen atoms in total. The highest BCUT2D eigenvalue weighted by molar-refractivity contribution is 5.31. The standard InChI is InChI=1S/C14H21F2NO2/c1-10(2)17-9-11-7-12(15)14(13(16)8-11)19-6-4-3-5-18/h7-8,10,17-18H,3-6,9H2,1-2H3. The molecule has 0 aromatic heterocycles. The number of halogens is 2. The monoisotopic (exact) mass is 273 g/mol. The number of hydrogen-bond acceptors (Lipinski definition) is 3. The first-order valence-electron chi connectivity index (χ1n) is 6.49. The molecule has 5 heteroatoms. The number of hydrogen-bond donors (Lipinski definition) is 2. The third-order valence-corrected chi connectivity index (χ3v) is 2.57. The van der Waals surface area contributed by atoms with Crippen molar-refractivity contribution in [3.63, 3.8) is 0 Å². The summed E-state index contributed by atoms with van der Waals surface area (Å²) < 4.78 is 32.5. The van der Waals surface area contributed by atoms with Crippen LogP contribution in [0.3, 0.4) is 0 Å². The summed E-state index contributed by atoms with van der Waals surface area (Å²) in [6.07, 6.45) is 1.12. The lowest BCUT2D eigenvalue weighted by molar-refractivity contribution is 0.242. The Labute approximate surface area is 112 Å². The number of benzene rings is 1. The topological polar surface area (TPSA) is 41.5 Å². The van der Waals surface area contributed by atoms with E-state index >= 15 is 0 Å². The Kier molecular flexibility index (Phi) is 6.73. The molecule has 0 bridgehead atoms. The molecular formula is C14H21F2NO2. The minimum absolute atomic E-state index is 0.0497. The van der Waals surface area contributed by atoms with E-state index in [0.717, 1.165) is 0 Å². The van der Waals surface area contributed by atoms with Crippen LogP contribution in [0.2, 0.25) is 0 Å². The smallest absolute Gasteiger partial charge is 0.190 e. The van der Waals surface area contributed by atoms with Crippen molar-refractivity contribution >= 4 is 0 Å². The Morgan fingerprint density at radius 1 is 1.21 bits per heavy atom. The van der Waals surface area contributed by atoms with Crippen LogP contribution in [0.25, 0.3) is 0 Å². The van der Waals surface area contributed by atoms with Crippen molar-refractivity contribution in [2.24, 2.45) is 0 Å². The highest BCUT2D eigenvalue weighted by Crippen LogP contribution is 2.23. The molecule has 1 aromatic carbocycles. The maximum absolute atomic E-state index is 13.7. The quantitative estimate of drug-likeness (QED) is 0.715. The summed E-state index contributed by atoms with van der Waals surface area (Å²) >= 11 is 0. The van der Waals surface area contributed by atoms with E-state index in [1.165, 1.54) is 12.1 Å². The lowest BCUT2D eigenvalue weighted by Gasteiger charge is -2.12. The Bertz CT molecular complexity index is 374. The lowest BCUT2D eigenvalue weighted by Crippen LogP contribution is -2.22. The van der Waals surface area contributed by atoms with Crippen LogP contribution in [0.1, 0.15) is 32.3 Å². The number of aliphatic hydroxyl groups is 1. The van der Waals surface area contributed by atoms with E-state index in [1.54, 1.807) is 0 Å². The number of ether oxygens (including phenoxy) is 1. The highest BCUT2D eigenvalue weighted by atomic mass is 19.1. The Morgan fingerprint density at radius 3 is 2.37 bits per heavy atom. The van der Waals surface area contributed by atoms with Crippen LogP contribution >= 0.6 is 0 Å². The first-order chi connectivity index (χ1) is 9.04. The summed E-state index contributed by atoms with van der Waals surface area (Å²) in [7, 11) is 0. The zero-order valence-electron chi connectivity index (χ0n) is 11.4. The zero-order valence-corrected chi connectivity index (χ0v) is 11.4. The van der Waals surface area contributed by atoms with Crippen LogP contribution in [0.5, 0.6) is 5.75 Å². The second-order valence-corrected chi connectivity index (χ2v) is 4.70. The van der Waals surface area contributed by atoms with Gasteiger partial charge in [-0.1, -0.05) is 13.8 Å². The van der Waals surface area contributed by atoms with Crippen molar-refractivity contribution in [2.45, 2.75) is 39.3 Å². The minimum Gasteiger partial charge on any atom is -0.488 e. The van der Waals surface area contributed by atoms with Crippen molar-refractivity contribution in [1.82, 2.24) is 5.32 Å². The Balaban J connectivity index is 2.63. The van der Waals surface area contributed by atoms with E-state index in [0.29, 0.717) is 24.9 Å². The minimum atomic E-state index is -0.690. The summed E-state index contributed by atoms with van der Waals surface area (Å²) in [5, 5.41) is 11.7.